The van der Waals surface area contributed by atoms with Crippen LogP contribution < -0.4 is 5.56 Å². The van der Waals surface area contributed by atoms with Gasteiger partial charge in [-0.2, -0.15) is 0 Å². The van der Waals surface area contributed by atoms with E-state index in [0.29, 0.717) is 4.47 Å². The van der Waals surface area contributed by atoms with Gasteiger partial charge in [-0.1, -0.05) is 51.1 Å². The van der Waals surface area contributed by atoms with E-state index in [1.54, 1.807) is 0 Å². The largest absolute Gasteiger partial charge is 0.309 e. The summed E-state index contributed by atoms with van der Waals surface area (Å²) < 4.78 is 0.544. The number of halogens is 1. The molecule has 0 amide bonds. The first-order valence-corrected chi connectivity index (χ1v) is 8.00. The van der Waals surface area contributed by atoms with Gasteiger partial charge in [0, 0.05) is 5.41 Å². The molecule has 2 aromatic rings. The van der Waals surface area contributed by atoms with Crippen LogP contribution in [0.5, 0.6) is 0 Å². The van der Waals surface area contributed by atoms with Gasteiger partial charge in [0.1, 0.15) is 10.3 Å². The molecular formula is C17H19BrN2O. The number of benzene rings is 1. The average Bonchev–Trinajstić information content (AvgIpc) is 3.23. The summed E-state index contributed by atoms with van der Waals surface area (Å²) in [5, 5.41) is 0. The molecule has 1 heterocycles. The van der Waals surface area contributed by atoms with E-state index in [1.165, 1.54) is 5.56 Å². The molecule has 1 N–H and O–H groups in total. The van der Waals surface area contributed by atoms with Crippen molar-refractivity contribution < 1.29 is 0 Å². The number of hydrogen-bond acceptors (Lipinski definition) is 2. The van der Waals surface area contributed by atoms with Crippen LogP contribution in [0.2, 0.25) is 0 Å². The van der Waals surface area contributed by atoms with Crippen LogP contribution in [0.3, 0.4) is 0 Å². The summed E-state index contributed by atoms with van der Waals surface area (Å²) >= 11 is 3.39. The van der Waals surface area contributed by atoms with E-state index >= 15 is 0 Å². The monoisotopic (exact) mass is 346 g/mol. The summed E-state index contributed by atoms with van der Waals surface area (Å²) in [7, 11) is 0. The first-order chi connectivity index (χ1) is 9.84. The van der Waals surface area contributed by atoms with Gasteiger partial charge in [-0.25, -0.2) is 4.98 Å². The number of H-pyrrole nitrogens is 1. The molecule has 0 aliphatic heterocycles. The topological polar surface area (TPSA) is 45.8 Å². The number of aromatic nitrogens is 2. The Morgan fingerprint density at radius 2 is 1.81 bits per heavy atom. The van der Waals surface area contributed by atoms with Gasteiger partial charge in [-0.3, -0.25) is 4.79 Å². The van der Waals surface area contributed by atoms with Crippen molar-refractivity contribution in [3.05, 3.63) is 62.2 Å². The molecule has 0 saturated heterocycles. The minimum atomic E-state index is -0.172. The van der Waals surface area contributed by atoms with Gasteiger partial charge >= 0.3 is 0 Å². The number of nitrogens with one attached hydrogen (secondary N) is 1. The maximum Gasteiger partial charge on any atom is 0.265 e. The third kappa shape index (κ3) is 2.46. The molecule has 110 valence electrons. The highest BCUT2D eigenvalue weighted by atomic mass is 79.9. The van der Waals surface area contributed by atoms with Crippen molar-refractivity contribution in [2.24, 2.45) is 0 Å². The van der Waals surface area contributed by atoms with Crippen molar-refractivity contribution >= 4 is 15.9 Å². The Balaban J connectivity index is 2.17. The standard InChI is InChI=1S/C17H19BrN2O/c1-16(2,3)13-12(18)14(21)20-15(19-13)17(9-10-17)11-7-5-4-6-8-11/h4-8H,9-10H2,1-3H3,(H,19,20,21). The van der Waals surface area contributed by atoms with Crippen molar-refractivity contribution in [2.75, 3.05) is 0 Å². The second-order valence-corrected chi connectivity index (χ2v) is 7.57. The van der Waals surface area contributed by atoms with E-state index in [-0.39, 0.29) is 16.4 Å². The van der Waals surface area contributed by atoms with Crippen LogP contribution in [0, 0.1) is 0 Å². The van der Waals surface area contributed by atoms with Gasteiger partial charge in [0.2, 0.25) is 0 Å². The third-order valence-electron chi connectivity index (χ3n) is 4.10. The first kappa shape index (κ1) is 14.5. The molecule has 0 radical (unpaired) electrons. The maximum atomic E-state index is 12.3. The van der Waals surface area contributed by atoms with Gasteiger partial charge in [0.25, 0.3) is 5.56 Å². The lowest BCUT2D eigenvalue weighted by atomic mass is 9.90. The van der Waals surface area contributed by atoms with E-state index < -0.39 is 0 Å². The first-order valence-electron chi connectivity index (χ1n) is 7.21. The number of nitrogens with zero attached hydrogens (tertiary/aromatic N) is 1. The smallest absolute Gasteiger partial charge is 0.265 e. The van der Waals surface area contributed by atoms with E-state index in [1.807, 2.05) is 18.2 Å². The number of aromatic amines is 1. The molecule has 21 heavy (non-hydrogen) atoms. The van der Waals surface area contributed by atoms with Crippen LogP contribution in [0.4, 0.5) is 0 Å². The van der Waals surface area contributed by atoms with E-state index in [2.05, 4.69) is 53.8 Å². The molecule has 0 spiro atoms. The number of hydrogen-bond donors (Lipinski definition) is 1. The van der Waals surface area contributed by atoms with Crippen molar-refractivity contribution in [1.82, 2.24) is 9.97 Å². The Hall–Kier alpha value is -1.42. The minimum Gasteiger partial charge on any atom is -0.309 e. The SMILES string of the molecule is CC(C)(C)c1nc(C2(c3ccccc3)CC2)[nH]c(=O)c1Br. The quantitative estimate of drug-likeness (QED) is 0.895. The zero-order valence-electron chi connectivity index (χ0n) is 12.5. The lowest BCUT2D eigenvalue weighted by Gasteiger charge is -2.22. The van der Waals surface area contributed by atoms with Crippen molar-refractivity contribution in [3.8, 4) is 0 Å². The summed E-state index contributed by atoms with van der Waals surface area (Å²) in [5.74, 6) is 0.798. The Labute approximate surface area is 133 Å². The Bertz CT molecular complexity index is 725. The van der Waals surface area contributed by atoms with Crippen LogP contribution in [0.25, 0.3) is 0 Å². The molecule has 0 atom stereocenters. The second kappa shape index (κ2) is 4.80. The van der Waals surface area contributed by atoms with Gasteiger partial charge in [-0.15, -0.1) is 0 Å². The van der Waals surface area contributed by atoms with E-state index in [4.69, 9.17) is 4.98 Å². The zero-order chi connectivity index (χ0) is 15.3. The fourth-order valence-corrected chi connectivity index (χ4v) is 3.51. The van der Waals surface area contributed by atoms with Crippen LogP contribution in [0.1, 0.15) is 50.7 Å². The van der Waals surface area contributed by atoms with Gasteiger partial charge < -0.3 is 4.98 Å². The molecule has 1 aromatic carbocycles. The zero-order valence-corrected chi connectivity index (χ0v) is 14.1. The summed E-state index contributed by atoms with van der Waals surface area (Å²) in [4.78, 5) is 20.1. The number of rotatable bonds is 2. The molecule has 1 aliphatic rings. The highest BCUT2D eigenvalue weighted by molar-refractivity contribution is 9.10. The Morgan fingerprint density at radius 3 is 2.33 bits per heavy atom. The molecule has 1 saturated carbocycles. The Kier molecular flexibility index (Phi) is 3.32. The summed E-state index contributed by atoms with van der Waals surface area (Å²) in [6.07, 6.45) is 2.07. The Morgan fingerprint density at radius 1 is 1.19 bits per heavy atom. The summed E-state index contributed by atoms with van der Waals surface area (Å²) in [6, 6.07) is 10.3. The minimum absolute atomic E-state index is 0.0906. The van der Waals surface area contributed by atoms with E-state index in [0.717, 1.165) is 24.4 Å². The molecular weight excluding hydrogens is 328 g/mol. The highest BCUT2D eigenvalue weighted by Crippen LogP contribution is 2.52. The summed E-state index contributed by atoms with van der Waals surface area (Å²) in [6.45, 7) is 6.22. The highest BCUT2D eigenvalue weighted by Gasteiger charge is 2.48. The normalized spacial score (nSPS) is 16.8. The predicted octanol–water partition coefficient (Wildman–Crippen LogP) is 3.91. The van der Waals surface area contributed by atoms with Crippen molar-refractivity contribution in [2.45, 2.75) is 44.4 Å². The summed E-state index contributed by atoms with van der Waals surface area (Å²) in [5.41, 5.74) is 1.68. The lowest BCUT2D eigenvalue weighted by molar-refractivity contribution is 0.550. The molecule has 3 nitrogen and oxygen atoms in total. The van der Waals surface area contributed by atoms with Crippen LogP contribution in [-0.4, -0.2) is 9.97 Å². The van der Waals surface area contributed by atoms with E-state index in [9.17, 15) is 4.79 Å². The fourth-order valence-electron chi connectivity index (χ4n) is 2.73. The molecule has 1 aromatic heterocycles. The average molecular weight is 347 g/mol. The molecule has 0 bridgehead atoms. The fraction of sp³-hybridized carbons (Fsp3) is 0.412. The third-order valence-corrected chi connectivity index (χ3v) is 4.84. The van der Waals surface area contributed by atoms with Crippen molar-refractivity contribution in [1.29, 1.82) is 0 Å². The second-order valence-electron chi connectivity index (χ2n) is 6.78. The predicted molar refractivity (Wildman–Crippen MR) is 87.7 cm³/mol. The molecule has 3 rings (SSSR count). The van der Waals surface area contributed by atoms with Gasteiger partial charge in [0.15, 0.2) is 0 Å². The molecule has 4 heteroatoms. The van der Waals surface area contributed by atoms with Crippen LogP contribution in [-0.2, 0) is 10.8 Å². The lowest BCUT2D eigenvalue weighted by Crippen LogP contribution is -2.27. The molecule has 1 fully saturated rings. The maximum absolute atomic E-state index is 12.3. The van der Waals surface area contributed by atoms with Gasteiger partial charge in [-0.05, 0) is 34.3 Å². The van der Waals surface area contributed by atoms with Gasteiger partial charge in [0.05, 0.1) is 11.1 Å². The van der Waals surface area contributed by atoms with Crippen LogP contribution in [0.15, 0.2) is 39.6 Å². The molecule has 1 aliphatic carbocycles. The van der Waals surface area contributed by atoms with Crippen molar-refractivity contribution in [3.63, 3.8) is 0 Å². The molecule has 0 unspecified atom stereocenters. The van der Waals surface area contributed by atoms with Crippen LogP contribution >= 0.6 is 15.9 Å².